The molecule has 132 valence electrons. The highest BCUT2D eigenvalue weighted by atomic mass is 19.3. The lowest BCUT2D eigenvalue weighted by Gasteiger charge is -2.12. The fraction of sp³-hybridized carbons (Fsp3) is 0.188. The average Bonchev–Trinajstić information content (AvgIpc) is 2.60. The van der Waals surface area contributed by atoms with E-state index in [0.29, 0.717) is 11.8 Å². The number of nitro benzene ring substituents is 1. The molecule has 0 atom stereocenters. The number of carbonyl (C=O) groups excluding carboxylic acids is 1. The predicted molar refractivity (Wildman–Crippen MR) is 82.4 cm³/mol. The number of alkyl halides is 2. The Morgan fingerprint density at radius 1 is 1.16 bits per heavy atom. The molecule has 0 radical (unpaired) electrons. The smallest absolute Gasteiger partial charge is 0.387 e. The molecule has 0 heterocycles. The molecule has 0 unspecified atom stereocenters. The minimum absolute atomic E-state index is 0.0255. The quantitative estimate of drug-likeness (QED) is 0.409. The molecule has 0 saturated heterocycles. The number of halogens is 2. The van der Waals surface area contributed by atoms with E-state index < -0.39 is 11.5 Å². The first-order valence-corrected chi connectivity index (χ1v) is 6.92. The summed E-state index contributed by atoms with van der Waals surface area (Å²) in [5.41, 5.74) is 0.315. The molecule has 9 heteroatoms. The van der Waals surface area contributed by atoms with Crippen molar-refractivity contribution in [3.05, 3.63) is 57.6 Å². The van der Waals surface area contributed by atoms with Crippen molar-refractivity contribution in [3.63, 3.8) is 0 Å². The molecular weight excluding hydrogens is 340 g/mol. The van der Waals surface area contributed by atoms with E-state index in [0.717, 1.165) is 6.07 Å². The number of nitro groups is 1. The number of benzene rings is 2. The van der Waals surface area contributed by atoms with Gasteiger partial charge in [0.2, 0.25) is 0 Å². The molecule has 0 aliphatic heterocycles. The second-order valence-corrected chi connectivity index (χ2v) is 4.75. The van der Waals surface area contributed by atoms with Gasteiger partial charge >= 0.3 is 12.3 Å². The van der Waals surface area contributed by atoms with Crippen LogP contribution in [0.4, 0.5) is 14.5 Å². The summed E-state index contributed by atoms with van der Waals surface area (Å²) >= 11 is 0. The second kappa shape index (κ2) is 8.04. The Kier molecular flexibility index (Phi) is 5.83. The van der Waals surface area contributed by atoms with Crippen LogP contribution in [-0.2, 0) is 6.61 Å². The highest BCUT2D eigenvalue weighted by molar-refractivity contribution is 5.77. The van der Waals surface area contributed by atoms with Gasteiger partial charge in [0, 0.05) is 11.6 Å². The molecule has 0 aliphatic carbocycles. The lowest BCUT2D eigenvalue weighted by Crippen LogP contribution is -2.04. The molecule has 0 aromatic heterocycles. The van der Waals surface area contributed by atoms with E-state index >= 15 is 0 Å². The van der Waals surface area contributed by atoms with Crippen LogP contribution in [-0.4, -0.2) is 24.9 Å². The number of hydrogen-bond donors (Lipinski definition) is 0. The van der Waals surface area contributed by atoms with E-state index in [1.165, 1.54) is 37.4 Å². The van der Waals surface area contributed by atoms with E-state index in [1.54, 1.807) is 0 Å². The van der Waals surface area contributed by atoms with Gasteiger partial charge in [0.05, 0.1) is 12.0 Å². The Balaban J connectivity index is 2.18. The van der Waals surface area contributed by atoms with Crippen molar-refractivity contribution in [2.75, 3.05) is 7.11 Å². The maximum Gasteiger partial charge on any atom is 0.387 e. The van der Waals surface area contributed by atoms with Crippen LogP contribution < -0.4 is 14.2 Å². The number of rotatable bonds is 8. The zero-order valence-corrected chi connectivity index (χ0v) is 13.0. The van der Waals surface area contributed by atoms with Gasteiger partial charge in [-0.25, -0.2) is 0 Å². The molecule has 0 fully saturated rings. The van der Waals surface area contributed by atoms with E-state index in [1.807, 2.05) is 0 Å². The molecule has 7 nitrogen and oxygen atoms in total. The summed E-state index contributed by atoms with van der Waals surface area (Å²) in [4.78, 5) is 21.1. The zero-order valence-electron chi connectivity index (χ0n) is 13.0. The fourth-order valence-corrected chi connectivity index (χ4v) is 2.03. The topological polar surface area (TPSA) is 87.9 Å². The van der Waals surface area contributed by atoms with Crippen LogP contribution in [0.1, 0.15) is 15.9 Å². The van der Waals surface area contributed by atoms with Gasteiger partial charge in [0.15, 0.2) is 17.2 Å². The Morgan fingerprint density at radius 3 is 2.48 bits per heavy atom. The maximum atomic E-state index is 12.3. The first-order chi connectivity index (χ1) is 11.9. The first-order valence-electron chi connectivity index (χ1n) is 6.92. The molecule has 0 amide bonds. The number of nitrogens with zero attached hydrogens (tertiary/aromatic N) is 1. The van der Waals surface area contributed by atoms with Gasteiger partial charge in [-0.1, -0.05) is 6.07 Å². The Labute approximate surface area is 140 Å². The summed E-state index contributed by atoms with van der Waals surface area (Å²) < 4.78 is 39.3. The van der Waals surface area contributed by atoms with E-state index in [-0.39, 0.29) is 35.1 Å². The Bertz CT molecular complexity index is 781. The van der Waals surface area contributed by atoms with Gasteiger partial charge in [-0.05, 0) is 29.8 Å². The lowest BCUT2D eigenvalue weighted by molar-refractivity contribution is -0.386. The molecule has 2 rings (SSSR count). The number of carbonyl (C=O) groups is 1. The lowest BCUT2D eigenvalue weighted by atomic mass is 10.2. The maximum absolute atomic E-state index is 12.3. The summed E-state index contributed by atoms with van der Waals surface area (Å²) in [5.74, 6) is -0.0859. The van der Waals surface area contributed by atoms with Crippen molar-refractivity contribution in [2.24, 2.45) is 0 Å². The molecule has 0 spiro atoms. The molecule has 2 aromatic rings. The SMILES string of the molecule is COc1cc(COc2ccc(C=O)cc2[N+](=O)[O-])ccc1OC(F)F. The van der Waals surface area contributed by atoms with Crippen LogP contribution >= 0.6 is 0 Å². The Morgan fingerprint density at radius 2 is 1.88 bits per heavy atom. The van der Waals surface area contributed by atoms with Crippen LogP contribution in [0.2, 0.25) is 0 Å². The summed E-state index contributed by atoms with van der Waals surface area (Å²) in [6.45, 7) is -3.07. The van der Waals surface area contributed by atoms with Gasteiger partial charge in [-0.15, -0.1) is 0 Å². The summed E-state index contributed by atoms with van der Waals surface area (Å²) in [6.07, 6.45) is 0.489. The third-order valence-electron chi connectivity index (χ3n) is 3.15. The normalized spacial score (nSPS) is 10.4. The van der Waals surface area contributed by atoms with Crippen molar-refractivity contribution >= 4 is 12.0 Å². The van der Waals surface area contributed by atoms with Gasteiger partial charge in [-0.2, -0.15) is 8.78 Å². The molecular formula is C16H13F2NO6. The third kappa shape index (κ3) is 4.63. The zero-order chi connectivity index (χ0) is 18.4. The van der Waals surface area contributed by atoms with Crippen LogP contribution in [0.25, 0.3) is 0 Å². The van der Waals surface area contributed by atoms with Crippen molar-refractivity contribution in [1.29, 1.82) is 0 Å². The standard InChI is InChI=1S/C16H13F2NO6/c1-23-15-7-11(3-5-14(15)25-16(17)18)9-24-13-4-2-10(8-20)6-12(13)19(21)22/h2-8,16H,9H2,1H3. The molecule has 0 saturated carbocycles. The third-order valence-corrected chi connectivity index (χ3v) is 3.15. The van der Waals surface area contributed by atoms with E-state index in [9.17, 15) is 23.7 Å². The van der Waals surface area contributed by atoms with Crippen molar-refractivity contribution < 1.29 is 32.7 Å². The molecule has 0 aliphatic rings. The van der Waals surface area contributed by atoms with Crippen molar-refractivity contribution in [2.45, 2.75) is 13.2 Å². The van der Waals surface area contributed by atoms with Gasteiger partial charge in [0.25, 0.3) is 0 Å². The van der Waals surface area contributed by atoms with E-state index in [4.69, 9.17) is 9.47 Å². The summed E-state index contributed by atoms with van der Waals surface area (Å²) in [5, 5.41) is 11.1. The van der Waals surface area contributed by atoms with Gasteiger partial charge in [-0.3, -0.25) is 14.9 Å². The Hall–Kier alpha value is -3.23. The fourth-order valence-electron chi connectivity index (χ4n) is 2.03. The first kappa shape index (κ1) is 18.1. The number of aldehydes is 1. The number of methoxy groups -OCH3 is 1. The van der Waals surface area contributed by atoms with Gasteiger partial charge in [0.1, 0.15) is 12.9 Å². The minimum atomic E-state index is -2.99. The van der Waals surface area contributed by atoms with Crippen molar-refractivity contribution in [3.8, 4) is 17.2 Å². The van der Waals surface area contributed by atoms with Gasteiger partial charge < -0.3 is 14.2 Å². The average molecular weight is 353 g/mol. The predicted octanol–water partition coefficient (Wildman–Crippen LogP) is 3.60. The largest absolute Gasteiger partial charge is 0.493 e. The van der Waals surface area contributed by atoms with Crippen molar-refractivity contribution in [1.82, 2.24) is 0 Å². The van der Waals surface area contributed by atoms with E-state index in [2.05, 4.69) is 4.74 Å². The summed E-state index contributed by atoms with van der Waals surface area (Å²) in [6, 6.07) is 7.97. The minimum Gasteiger partial charge on any atom is -0.493 e. The van der Waals surface area contributed by atoms with Crippen LogP contribution in [0, 0.1) is 10.1 Å². The number of ether oxygens (including phenoxy) is 3. The second-order valence-electron chi connectivity index (χ2n) is 4.75. The van der Waals surface area contributed by atoms with Crippen LogP contribution in [0.3, 0.4) is 0 Å². The summed E-state index contributed by atoms with van der Waals surface area (Å²) in [7, 11) is 1.29. The molecule has 0 N–H and O–H groups in total. The molecule has 0 bridgehead atoms. The highest BCUT2D eigenvalue weighted by Gasteiger charge is 2.17. The van der Waals surface area contributed by atoms with Crippen LogP contribution in [0.15, 0.2) is 36.4 Å². The monoisotopic (exact) mass is 353 g/mol. The van der Waals surface area contributed by atoms with Crippen LogP contribution in [0.5, 0.6) is 17.2 Å². The number of hydrogen-bond acceptors (Lipinski definition) is 6. The highest BCUT2D eigenvalue weighted by Crippen LogP contribution is 2.31. The molecule has 2 aromatic carbocycles. The molecule has 25 heavy (non-hydrogen) atoms.